The molecule has 0 aliphatic rings. The summed E-state index contributed by atoms with van der Waals surface area (Å²) in [5.41, 5.74) is 50.0. The minimum absolute atomic E-state index is 0.00949. The number of aliphatic hydroxyl groups is 3. The number of aliphatic carboxylic acids is 1. The predicted octanol–water partition coefficient (Wildman–Crippen LogP) is -8.78. The number of nitrogens with two attached hydrogens (primary N) is 9. The Balaban J connectivity index is 3.44. The van der Waals surface area contributed by atoms with Crippen molar-refractivity contribution >= 4 is 59.3 Å². The van der Waals surface area contributed by atoms with Gasteiger partial charge in [0.2, 0.25) is 35.4 Å². The van der Waals surface area contributed by atoms with Gasteiger partial charge in [-0.25, -0.2) is 4.79 Å². The lowest BCUT2D eigenvalue weighted by Gasteiger charge is -2.29. The lowest BCUT2D eigenvalue weighted by atomic mass is 10.0. The van der Waals surface area contributed by atoms with Crippen molar-refractivity contribution in [3.05, 3.63) is 29.8 Å². The molecule has 0 unspecified atom stereocenters. The van der Waals surface area contributed by atoms with Gasteiger partial charge in [0, 0.05) is 25.8 Å². The monoisotopic (exact) mass is 1010 g/mol. The van der Waals surface area contributed by atoms with Crippen molar-refractivity contribution in [1.82, 2.24) is 31.9 Å². The molecule has 0 spiro atoms. The average molecular weight is 1010 g/mol. The van der Waals surface area contributed by atoms with Crippen LogP contribution in [0, 0.1) is 0 Å². The van der Waals surface area contributed by atoms with Crippen LogP contribution in [-0.4, -0.2) is 178 Å². The van der Waals surface area contributed by atoms with Crippen LogP contribution in [0.1, 0.15) is 63.9 Å². The maximum absolute atomic E-state index is 13.9. The fourth-order valence-electron chi connectivity index (χ4n) is 6.49. The van der Waals surface area contributed by atoms with Crippen LogP contribution in [0.2, 0.25) is 0 Å². The van der Waals surface area contributed by atoms with E-state index in [1.165, 1.54) is 24.3 Å². The second-order valence-corrected chi connectivity index (χ2v) is 16.5. The quantitative estimate of drug-likeness (QED) is 0.0173. The molecule has 1 aromatic rings. The van der Waals surface area contributed by atoms with E-state index in [2.05, 4.69) is 46.9 Å². The molecule has 0 fully saturated rings. The van der Waals surface area contributed by atoms with E-state index in [4.69, 9.17) is 51.6 Å². The molecular weight excluding hydrogens is 937 g/mol. The summed E-state index contributed by atoms with van der Waals surface area (Å²) in [6.07, 6.45) is -5.50. The number of nitrogens with one attached hydrogen (secondary N) is 6. The molecule has 0 radical (unpaired) electrons. The molecule has 0 aromatic heterocycles. The molecule has 30 heteroatoms. The molecule has 400 valence electrons. The summed E-state index contributed by atoms with van der Waals surface area (Å²) in [6.45, 7) is 0.540. The number of phenolic OH excluding ortho intramolecular Hbond substituents is 1. The summed E-state index contributed by atoms with van der Waals surface area (Å²) in [5, 5.41) is 66.2. The van der Waals surface area contributed by atoms with E-state index in [1.54, 1.807) is 0 Å². The zero-order chi connectivity index (χ0) is 53.8. The molecule has 1 rings (SSSR count). The molecule has 71 heavy (non-hydrogen) atoms. The van der Waals surface area contributed by atoms with Gasteiger partial charge in [-0.15, -0.1) is 0 Å². The fraction of sp³-hybridized carbons (Fsp3) is 0.610. The molecule has 0 saturated heterocycles. The number of aliphatic imine (C=N–C) groups is 3. The number of guanidine groups is 3. The second-order valence-electron chi connectivity index (χ2n) is 16.5. The van der Waals surface area contributed by atoms with Crippen LogP contribution >= 0.6 is 0 Å². The zero-order valence-corrected chi connectivity index (χ0v) is 39.6. The van der Waals surface area contributed by atoms with Crippen LogP contribution in [0.5, 0.6) is 5.75 Å². The summed E-state index contributed by atoms with van der Waals surface area (Å²) in [4.78, 5) is 106. The predicted molar refractivity (Wildman–Crippen MR) is 260 cm³/mol. The summed E-state index contributed by atoms with van der Waals surface area (Å²) in [6, 6.07) is -5.24. The van der Waals surface area contributed by atoms with E-state index in [9.17, 15) is 59.1 Å². The molecular formula is C41H74N18O12. The number of hydrogen-bond donors (Lipinski definition) is 20. The number of aliphatic hydroxyl groups excluding tert-OH is 3. The van der Waals surface area contributed by atoms with Gasteiger partial charge < -0.3 is 109 Å². The molecule has 0 bridgehead atoms. The van der Waals surface area contributed by atoms with Gasteiger partial charge in [0.05, 0.1) is 37.4 Å². The maximum Gasteiger partial charge on any atom is 0.326 e. The highest BCUT2D eigenvalue weighted by Crippen LogP contribution is 2.13. The number of carbonyl (C=O) groups excluding carboxylic acids is 6. The Morgan fingerprint density at radius 2 is 0.958 bits per heavy atom. The maximum atomic E-state index is 13.9. The number of rotatable bonds is 34. The van der Waals surface area contributed by atoms with Crippen LogP contribution in [0.3, 0.4) is 0 Å². The Bertz CT molecular complexity index is 1960. The van der Waals surface area contributed by atoms with Gasteiger partial charge in [-0.2, -0.15) is 0 Å². The minimum Gasteiger partial charge on any atom is -0.508 e. The third-order valence-electron chi connectivity index (χ3n) is 10.3. The molecule has 0 aliphatic heterocycles. The molecule has 10 atom stereocenters. The lowest BCUT2D eigenvalue weighted by molar-refractivity contribution is -0.142. The van der Waals surface area contributed by atoms with Crippen LogP contribution in [0.25, 0.3) is 0 Å². The molecule has 1 aromatic carbocycles. The minimum atomic E-state index is -1.81. The van der Waals surface area contributed by atoms with Crippen LogP contribution in [0.4, 0.5) is 0 Å². The van der Waals surface area contributed by atoms with Crippen LogP contribution in [-0.2, 0) is 40.0 Å². The highest BCUT2D eigenvalue weighted by molar-refractivity contribution is 5.97. The number of carbonyl (C=O) groups is 7. The van der Waals surface area contributed by atoms with E-state index in [1.807, 2.05) is 0 Å². The van der Waals surface area contributed by atoms with E-state index >= 15 is 0 Å². The number of carboxylic acid groups (broad SMARTS) is 1. The SMILES string of the molecule is C[C@@H](O)[C@H](NC(=O)[C@@H](CCCN)NC(=O)[C@H](C[C@H](O)CN=C(N)N)NC(=O)[C@@H](N)CCCN=C(N)N)C(=O)N[C@H](CCCN)C(=O)N[C@@H](C[C@H](O)CN=C(N)N)C(=O)N[C@H](Cc1ccc(O)cc1)C(=O)O. The van der Waals surface area contributed by atoms with Gasteiger partial charge in [0.15, 0.2) is 17.9 Å². The summed E-state index contributed by atoms with van der Waals surface area (Å²) >= 11 is 0. The van der Waals surface area contributed by atoms with E-state index in [0.29, 0.717) is 5.56 Å². The number of benzene rings is 1. The first-order valence-electron chi connectivity index (χ1n) is 22.6. The van der Waals surface area contributed by atoms with E-state index in [-0.39, 0.29) is 88.8 Å². The average Bonchev–Trinajstić information content (AvgIpc) is 3.30. The molecule has 29 N–H and O–H groups in total. The third-order valence-corrected chi connectivity index (χ3v) is 10.3. The molecule has 0 saturated carbocycles. The van der Waals surface area contributed by atoms with Gasteiger partial charge in [-0.3, -0.25) is 43.7 Å². The van der Waals surface area contributed by atoms with Gasteiger partial charge in [0.1, 0.15) is 42.0 Å². The number of hydrogen-bond acceptors (Lipinski definition) is 17. The summed E-state index contributed by atoms with van der Waals surface area (Å²) in [7, 11) is 0. The van der Waals surface area contributed by atoms with Crippen molar-refractivity contribution in [1.29, 1.82) is 0 Å². The summed E-state index contributed by atoms with van der Waals surface area (Å²) < 4.78 is 0. The summed E-state index contributed by atoms with van der Waals surface area (Å²) in [5.74, 6) is -8.51. The van der Waals surface area contributed by atoms with Crippen molar-refractivity contribution in [2.75, 3.05) is 32.7 Å². The van der Waals surface area contributed by atoms with Gasteiger partial charge in [-0.05, 0) is 76.2 Å². The van der Waals surface area contributed by atoms with E-state index in [0.717, 1.165) is 6.92 Å². The van der Waals surface area contributed by atoms with Crippen LogP contribution < -0.4 is 83.5 Å². The Morgan fingerprint density at radius 3 is 1.39 bits per heavy atom. The van der Waals surface area contributed by atoms with Gasteiger partial charge in [0.25, 0.3) is 0 Å². The number of nitrogens with zero attached hydrogens (tertiary/aromatic N) is 3. The first-order chi connectivity index (χ1) is 33.4. The number of carboxylic acids is 1. The van der Waals surface area contributed by atoms with Crippen molar-refractivity contribution < 1.29 is 59.1 Å². The number of amides is 6. The Hall–Kier alpha value is -7.12. The number of aromatic hydroxyl groups is 1. The first kappa shape index (κ1) is 61.9. The zero-order valence-electron chi connectivity index (χ0n) is 39.6. The van der Waals surface area contributed by atoms with Crippen molar-refractivity contribution in [2.45, 2.75) is 125 Å². The third kappa shape index (κ3) is 25.4. The van der Waals surface area contributed by atoms with Crippen molar-refractivity contribution in [3.63, 3.8) is 0 Å². The van der Waals surface area contributed by atoms with Crippen molar-refractivity contribution in [3.8, 4) is 5.75 Å². The molecule has 0 aliphatic carbocycles. The number of phenols is 1. The standard InChI is InChI=1S/C41H74N18O12/c1-20(60)31(59-34(66)27(7-3-13-43)54-35(67)28(16-23(62)18-52-40(47)48)56-32(64)25(44)5-4-14-51-39(45)46)37(69)55-26(6-2-12-42)33(65)57-29(17-24(63)19-53-41(49)50)36(68)58-30(38(70)71)15-21-8-10-22(61)11-9-21/h8-11,20,23-31,60-63H,2-7,12-19,42-44H2,1H3,(H,54,67)(H,55,69)(H,56,64)(H,57,65)(H,58,68)(H,59,66)(H,70,71)(H4,45,46,51)(H4,47,48,52)(H4,49,50,53)/t20-,23+,24+,25+,26-,27-,28+,29+,30-,31+/m1/s1. The smallest absolute Gasteiger partial charge is 0.326 e. The topological polar surface area (TPSA) is 564 Å². The van der Waals surface area contributed by atoms with E-state index < -0.39 is 127 Å². The van der Waals surface area contributed by atoms with Crippen LogP contribution in [0.15, 0.2) is 39.2 Å². The molecule has 0 heterocycles. The highest BCUT2D eigenvalue weighted by Gasteiger charge is 2.36. The highest BCUT2D eigenvalue weighted by atomic mass is 16.4. The van der Waals surface area contributed by atoms with Crippen molar-refractivity contribution in [2.24, 2.45) is 66.6 Å². The normalized spacial score (nSPS) is 15.2. The second kappa shape index (κ2) is 32.6. The Kier molecular flexibility index (Phi) is 28.5. The molecule has 30 nitrogen and oxygen atoms in total. The fourth-order valence-corrected chi connectivity index (χ4v) is 6.49. The Morgan fingerprint density at radius 1 is 0.549 bits per heavy atom. The molecule has 6 amide bonds. The lowest BCUT2D eigenvalue weighted by Crippen LogP contribution is -2.62. The largest absolute Gasteiger partial charge is 0.508 e. The Labute approximate surface area is 409 Å². The van der Waals surface area contributed by atoms with Gasteiger partial charge >= 0.3 is 5.97 Å². The first-order valence-corrected chi connectivity index (χ1v) is 22.6. The van der Waals surface area contributed by atoms with Gasteiger partial charge in [-0.1, -0.05) is 12.1 Å².